The lowest BCUT2D eigenvalue weighted by Gasteiger charge is -2.20. The molecule has 0 atom stereocenters. The van der Waals surface area contributed by atoms with Gasteiger partial charge >= 0.3 is 11.7 Å². The van der Waals surface area contributed by atoms with Gasteiger partial charge in [-0.3, -0.25) is 10.1 Å². The summed E-state index contributed by atoms with van der Waals surface area (Å²) in [6.45, 7) is 0.897. The standard InChI is InChI=1S/C13H12N4O3/c18-17(19)10-7-15-13(16-8-10)20-11-5-1-3-9-4-2-6-14-12(9)11/h1,3,5,7-8,14H,2,4,6H2. The maximum Gasteiger partial charge on any atom is 0.322 e. The van der Waals surface area contributed by atoms with E-state index in [0.29, 0.717) is 5.75 Å². The summed E-state index contributed by atoms with van der Waals surface area (Å²) in [5, 5.41) is 13.8. The minimum atomic E-state index is -0.546. The molecule has 1 aromatic heterocycles. The SMILES string of the molecule is O=[N+]([O-])c1cnc(Oc2cccc3c2NCCC3)nc1. The van der Waals surface area contributed by atoms with Crippen molar-refractivity contribution >= 4 is 11.4 Å². The highest BCUT2D eigenvalue weighted by Gasteiger charge is 2.15. The number of aryl methyl sites for hydroxylation is 1. The number of benzene rings is 1. The van der Waals surface area contributed by atoms with Crippen LogP contribution in [0, 0.1) is 10.1 Å². The first kappa shape index (κ1) is 12.3. The first-order chi connectivity index (χ1) is 9.74. The Balaban J connectivity index is 1.86. The zero-order valence-corrected chi connectivity index (χ0v) is 10.6. The highest BCUT2D eigenvalue weighted by molar-refractivity contribution is 5.63. The van der Waals surface area contributed by atoms with Crippen LogP contribution in [0.15, 0.2) is 30.6 Å². The number of aromatic nitrogens is 2. The first-order valence-electron chi connectivity index (χ1n) is 6.24. The van der Waals surface area contributed by atoms with Gasteiger partial charge in [0.25, 0.3) is 0 Å². The third-order valence-electron chi connectivity index (χ3n) is 3.06. The summed E-state index contributed by atoms with van der Waals surface area (Å²) in [7, 11) is 0. The Morgan fingerprint density at radius 1 is 1.30 bits per heavy atom. The Kier molecular flexibility index (Phi) is 3.16. The Bertz CT molecular complexity index is 643. The van der Waals surface area contributed by atoms with Crippen molar-refractivity contribution in [1.29, 1.82) is 0 Å². The van der Waals surface area contributed by atoms with Crippen molar-refractivity contribution in [1.82, 2.24) is 9.97 Å². The third kappa shape index (κ3) is 2.37. The van der Waals surface area contributed by atoms with Crippen LogP contribution in [0.4, 0.5) is 11.4 Å². The van der Waals surface area contributed by atoms with E-state index >= 15 is 0 Å². The maximum atomic E-state index is 10.5. The van der Waals surface area contributed by atoms with E-state index in [0.717, 1.165) is 37.5 Å². The lowest BCUT2D eigenvalue weighted by Crippen LogP contribution is -2.12. The summed E-state index contributed by atoms with van der Waals surface area (Å²) in [6.07, 6.45) is 4.35. The number of fused-ring (bicyclic) bond motifs is 1. The molecule has 0 fully saturated rings. The van der Waals surface area contributed by atoms with Crippen LogP contribution in [0.5, 0.6) is 11.8 Å². The molecule has 0 bridgehead atoms. The molecule has 0 radical (unpaired) electrons. The van der Waals surface area contributed by atoms with Gasteiger partial charge in [-0.05, 0) is 24.5 Å². The summed E-state index contributed by atoms with van der Waals surface area (Å²) < 4.78 is 5.60. The molecule has 1 aromatic carbocycles. The van der Waals surface area contributed by atoms with E-state index < -0.39 is 4.92 Å². The van der Waals surface area contributed by atoms with Gasteiger partial charge in [0, 0.05) is 6.54 Å². The Morgan fingerprint density at radius 3 is 2.85 bits per heavy atom. The van der Waals surface area contributed by atoms with Gasteiger partial charge in [-0.2, -0.15) is 9.97 Å². The van der Waals surface area contributed by atoms with E-state index in [1.165, 1.54) is 5.56 Å². The predicted molar refractivity (Wildman–Crippen MR) is 72.0 cm³/mol. The second-order valence-corrected chi connectivity index (χ2v) is 4.40. The van der Waals surface area contributed by atoms with E-state index in [-0.39, 0.29) is 11.7 Å². The third-order valence-corrected chi connectivity index (χ3v) is 3.06. The quantitative estimate of drug-likeness (QED) is 0.682. The van der Waals surface area contributed by atoms with Gasteiger partial charge in [0.05, 0.1) is 10.6 Å². The molecule has 7 heteroatoms. The summed E-state index contributed by atoms with van der Waals surface area (Å²) in [5.41, 5.74) is 1.97. The molecular weight excluding hydrogens is 260 g/mol. The minimum absolute atomic E-state index is 0.0939. The molecule has 3 rings (SSSR count). The molecule has 0 saturated carbocycles. The average Bonchev–Trinajstić information content (AvgIpc) is 2.48. The van der Waals surface area contributed by atoms with Crippen LogP contribution >= 0.6 is 0 Å². The number of nitro groups is 1. The van der Waals surface area contributed by atoms with E-state index in [9.17, 15) is 10.1 Å². The fourth-order valence-corrected chi connectivity index (χ4v) is 2.12. The minimum Gasteiger partial charge on any atom is -0.422 e. The number of nitrogens with zero attached hydrogens (tertiary/aromatic N) is 3. The second kappa shape index (κ2) is 5.12. The van der Waals surface area contributed by atoms with Crippen LogP contribution in [0.1, 0.15) is 12.0 Å². The molecule has 7 nitrogen and oxygen atoms in total. The number of anilines is 1. The highest BCUT2D eigenvalue weighted by Crippen LogP contribution is 2.34. The Morgan fingerprint density at radius 2 is 2.10 bits per heavy atom. The largest absolute Gasteiger partial charge is 0.422 e. The van der Waals surface area contributed by atoms with Crippen molar-refractivity contribution in [2.24, 2.45) is 0 Å². The molecule has 0 unspecified atom stereocenters. The van der Waals surface area contributed by atoms with E-state index in [1.54, 1.807) is 0 Å². The van der Waals surface area contributed by atoms with Crippen LogP contribution in [0.3, 0.4) is 0 Å². The Labute approximate surface area is 114 Å². The summed E-state index contributed by atoms with van der Waals surface area (Å²) in [6, 6.07) is 5.87. The molecule has 0 aliphatic carbocycles. The van der Waals surface area contributed by atoms with Crippen molar-refractivity contribution in [3.8, 4) is 11.8 Å². The molecule has 0 amide bonds. The lowest BCUT2D eigenvalue weighted by molar-refractivity contribution is -0.385. The predicted octanol–water partition coefficient (Wildman–Crippen LogP) is 2.54. The first-order valence-corrected chi connectivity index (χ1v) is 6.24. The molecule has 102 valence electrons. The van der Waals surface area contributed by atoms with E-state index in [2.05, 4.69) is 15.3 Å². The van der Waals surface area contributed by atoms with Crippen molar-refractivity contribution in [2.45, 2.75) is 12.8 Å². The van der Waals surface area contributed by atoms with Crippen LogP contribution in [-0.2, 0) is 6.42 Å². The Hall–Kier alpha value is -2.70. The average molecular weight is 272 g/mol. The molecule has 1 aliphatic heterocycles. The zero-order chi connectivity index (χ0) is 13.9. The van der Waals surface area contributed by atoms with Gasteiger partial charge < -0.3 is 10.1 Å². The maximum absolute atomic E-state index is 10.5. The number of rotatable bonds is 3. The molecule has 1 aliphatic rings. The van der Waals surface area contributed by atoms with Crippen molar-refractivity contribution in [2.75, 3.05) is 11.9 Å². The second-order valence-electron chi connectivity index (χ2n) is 4.40. The number of nitrogens with one attached hydrogen (secondary N) is 1. The highest BCUT2D eigenvalue weighted by atomic mass is 16.6. The summed E-state index contributed by atoms with van der Waals surface area (Å²) in [5.74, 6) is 0.635. The molecule has 0 spiro atoms. The molecule has 1 N–H and O–H groups in total. The van der Waals surface area contributed by atoms with Gasteiger partial charge in [0.1, 0.15) is 12.4 Å². The van der Waals surface area contributed by atoms with Crippen LogP contribution < -0.4 is 10.1 Å². The van der Waals surface area contributed by atoms with Crippen molar-refractivity contribution < 1.29 is 9.66 Å². The number of para-hydroxylation sites is 1. The van der Waals surface area contributed by atoms with Crippen LogP contribution in [0.25, 0.3) is 0 Å². The number of hydrogen-bond acceptors (Lipinski definition) is 6. The van der Waals surface area contributed by atoms with Crippen molar-refractivity contribution in [3.05, 3.63) is 46.3 Å². The summed E-state index contributed by atoms with van der Waals surface area (Å²) in [4.78, 5) is 17.7. The monoisotopic (exact) mass is 272 g/mol. The van der Waals surface area contributed by atoms with Gasteiger partial charge in [0.15, 0.2) is 5.75 Å². The molecular formula is C13H12N4O3. The number of hydrogen-bond donors (Lipinski definition) is 1. The van der Waals surface area contributed by atoms with Crippen LogP contribution in [0.2, 0.25) is 0 Å². The molecule has 20 heavy (non-hydrogen) atoms. The lowest BCUT2D eigenvalue weighted by atomic mass is 10.0. The smallest absolute Gasteiger partial charge is 0.322 e. The van der Waals surface area contributed by atoms with Gasteiger partial charge in [-0.25, -0.2) is 0 Å². The van der Waals surface area contributed by atoms with Crippen LogP contribution in [-0.4, -0.2) is 21.4 Å². The molecule has 2 heterocycles. The fraction of sp³-hybridized carbons (Fsp3) is 0.231. The van der Waals surface area contributed by atoms with Gasteiger partial charge in [-0.1, -0.05) is 12.1 Å². The van der Waals surface area contributed by atoms with Gasteiger partial charge in [0.2, 0.25) is 0 Å². The molecule has 2 aromatic rings. The zero-order valence-electron chi connectivity index (χ0n) is 10.6. The fourth-order valence-electron chi connectivity index (χ4n) is 2.12. The topological polar surface area (TPSA) is 90.2 Å². The van der Waals surface area contributed by atoms with E-state index in [4.69, 9.17) is 4.74 Å². The van der Waals surface area contributed by atoms with Crippen molar-refractivity contribution in [3.63, 3.8) is 0 Å². The molecule has 0 saturated heterocycles. The summed E-state index contributed by atoms with van der Waals surface area (Å²) >= 11 is 0. The van der Waals surface area contributed by atoms with E-state index in [1.807, 2.05) is 18.2 Å². The normalized spacial score (nSPS) is 13.2. The van der Waals surface area contributed by atoms with Gasteiger partial charge in [-0.15, -0.1) is 0 Å². The number of ether oxygens (including phenoxy) is 1.